The van der Waals surface area contributed by atoms with Crippen LogP contribution < -0.4 is 15.0 Å². The van der Waals surface area contributed by atoms with Gasteiger partial charge in [-0.1, -0.05) is 11.6 Å². The minimum Gasteiger partial charge on any atom is -0.494 e. The maximum absolute atomic E-state index is 5.97. The van der Waals surface area contributed by atoms with Crippen LogP contribution in [0.3, 0.4) is 0 Å². The molecule has 0 unspecified atom stereocenters. The zero-order chi connectivity index (χ0) is 10.7. The van der Waals surface area contributed by atoms with E-state index >= 15 is 0 Å². The van der Waals surface area contributed by atoms with Crippen molar-refractivity contribution in [2.45, 2.75) is 0 Å². The van der Waals surface area contributed by atoms with Crippen LogP contribution in [0.2, 0.25) is 5.15 Å². The van der Waals surface area contributed by atoms with Gasteiger partial charge < -0.3 is 15.0 Å². The molecule has 82 valence electrons. The number of hydrogen-bond donors (Lipinski definition) is 1. The van der Waals surface area contributed by atoms with Crippen molar-refractivity contribution in [1.29, 1.82) is 0 Å². The summed E-state index contributed by atoms with van der Waals surface area (Å²) in [7, 11) is 1.59. The molecule has 2 rings (SSSR count). The standard InChI is InChI=1S/C10H14ClN3O/c1-15-8-2-3-9(13-10(8)11)14-6-4-12-5-7-14/h2-3,12H,4-7H2,1H3. The molecule has 0 amide bonds. The molecular formula is C10H14ClN3O. The topological polar surface area (TPSA) is 37.4 Å². The number of pyridine rings is 1. The van der Waals surface area contributed by atoms with E-state index in [4.69, 9.17) is 16.3 Å². The third kappa shape index (κ3) is 2.33. The molecule has 5 heteroatoms. The monoisotopic (exact) mass is 227 g/mol. The van der Waals surface area contributed by atoms with Gasteiger partial charge in [-0.15, -0.1) is 0 Å². The van der Waals surface area contributed by atoms with Gasteiger partial charge in [0.05, 0.1) is 7.11 Å². The minimum atomic E-state index is 0.425. The molecule has 1 aromatic heterocycles. The fourth-order valence-corrected chi connectivity index (χ4v) is 1.86. The van der Waals surface area contributed by atoms with Crippen LogP contribution >= 0.6 is 11.6 Å². The molecule has 0 bridgehead atoms. The molecule has 1 aliphatic heterocycles. The third-order valence-electron chi connectivity index (χ3n) is 2.46. The summed E-state index contributed by atoms with van der Waals surface area (Å²) >= 11 is 5.97. The quantitative estimate of drug-likeness (QED) is 0.770. The molecule has 1 N–H and O–H groups in total. The van der Waals surface area contributed by atoms with Crippen molar-refractivity contribution in [3.8, 4) is 5.75 Å². The van der Waals surface area contributed by atoms with Crippen LogP contribution in [0.1, 0.15) is 0 Å². The molecule has 1 aromatic rings. The number of methoxy groups -OCH3 is 1. The number of aromatic nitrogens is 1. The number of piperazine rings is 1. The highest BCUT2D eigenvalue weighted by Gasteiger charge is 2.13. The highest BCUT2D eigenvalue weighted by atomic mass is 35.5. The summed E-state index contributed by atoms with van der Waals surface area (Å²) in [4.78, 5) is 6.52. The molecule has 4 nitrogen and oxygen atoms in total. The number of rotatable bonds is 2. The van der Waals surface area contributed by atoms with Crippen LogP contribution in [0.25, 0.3) is 0 Å². The van der Waals surface area contributed by atoms with Crippen molar-refractivity contribution in [3.63, 3.8) is 0 Å². The molecule has 1 aliphatic rings. The number of nitrogens with one attached hydrogen (secondary N) is 1. The van der Waals surface area contributed by atoms with Gasteiger partial charge in [0.1, 0.15) is 5.82 Å². The highest BCUT2D eigenvalue weighted by molar-refractivity contribution is 6.30. The average molecular weight is 228 g/mol. The smallest absolute Gasteiger partial charge is 0.173 e. The Bertz CT molecular complexity index is 339. The zero-order valence-corrected chi connectivity index (χ0v) is 9.42. The SMILES string of the molecule is COc1ccc(N2CCNCC2)nc1Cl. The Balaban J connectivity index is 2.17. The van der Waals surface area contributed by atoms with E-state index in [9.17, 15) is 0 Å². The maximum atomic E-state index is 5.97. The van der Waals surface area contributed by atoms with E-state index in [1.54, 1.807) is 7.11 Å². The van der Waals surface area contributed by atoms with Crippen LogP contribution in [0.4, 0.5) is 5.82 Å². The predicted octanol–water partition coefficient (Wildman–Crippen LogP) is 1.15. The largest absolute Gasteiger partial charge is 0.494 e. The first kappa shape index (κ1) is 10.5. The summed E-state index contributed by atoms with van der Waals surface area (Å²) in [6.07, 6.45) is 0. The second kappa shape index (κ2) is 4.68. The number of anilines is 1. The van der Waals surface area contributed by atoms with Gasteiger partial charge in [0, 0.05) is 26.2 Å². The van der Waals surface area contributed by atoms with Gasteiger partial charge in [-0.3, -0.25) is 0 Å². The van der Waals surface area contributed by atoms with Crippen LogP contribution in [-0.2, 0) is 0 Å². The summed E-state index contributed by atoms with van der Waals surface area (Å²) in [5.74, 6) is 1.54. The molecule has 15 heavy (non-hydrogen) atoms. The fraction of sp³-hybridized carbons (Fsp3) is 0.500. The first-order valence-corrected chi connectivity index (χ1v) is 5.35. The Kier molecular flexibility index (Phi) is 3.28. The van der Waals surface area contributed by atoms with Crippen molar-refractivity contribution in [2.24, 2.45) is 0 Å². The number of hydrogen-bond acceptors (Lipinski definition) is 4. The van der Waals surface area contributed by atoms with Gasteiger partial charge in [0.25, 0.3) is 0 Å². The van der Waals surface area contributed by atoms with Crippen molar-refractivity contribution >= 4 is 17.4 Å². The van der Waals surface area contributed by atoms with E-state index in [0.717, 1.165) is 32.0 Å². The summed E-state index contributed by atoms with van der Waals surface area (Å²) in [6.45, 7) is 3.92. The second-order valence-electron chi connectivity index (χ2n) is 3.40. The number of ether oxygens (including phenoxy) is 1. The molecule has 2 heterocycles. The molecule has 0 spiro atoms. The Morgan fingerprint density at radius 3 is 2.73 bits per heavy atom. The summed E-state index contributed by atoms with van der Waals surface area (Å²) in [5.41, 5.74) is 0. The first-order valence-electron chi connectivity index (χ1n) is 4.97. The van der Waals surface area contributed by atoms with Crippen LogP contribution in [0.5, 0.6) is 5.75 Å². The Morgan fingerprint density at radius 1 is 1.40 bits per heavy atom. The van der Waals surface area contributed by atoms with Crippen LogP contribution in [0, 0.1) is 0 Å². The number of halogens is 1. The van der Waals surface area contributed by atoms with E-state index in [-0.39, 0.29) is 0 Å². The van der Waals surface area contributed by atoms with E-state index in [0.29, 0.717) is 10.9 Å². The zero-order valence-electron chi connectivity index (χ0n) is 8.66. The molecule has 0 atom stereocenters. The van der Waals surface area contributed by atoms with E-state index in [1.807, 2.05) is 12.1 Å². The first-order chi connectivity index (χ1) is 7.31. The van der Waals surface area contributed by atoms with Crippen LogP contribution in [-0.4, -0.2) is 38.3 Å². The lowest BCUT2D eigenvalue weighted by molar-refractivity contribution is 0.413. The van der Waals surface area contributed by atoms with Crippen molar-refractivity contribution in [1.82, 2.24) is 10.3 Å². The molecule has 0 radical (unpaired) electrons. The lowest BCUT2D eigenvalue weighted by Crippen LogP contribution is -2.43. The van der Waals surface area contributed by atoms with Gasteiger partial charge in [-0.2, -0.15) is 0 Å². The molecule has 1 fully saturated rings. The Labute approximate surface area is 94.2 Å². The summed E-state index contributed by atoms with van der Waals surface area (Å²) < 4.78 is 5.06. The lowest BCUT2D eigenvalue weighted by atomic mass is 10.3. The predicted molar refractivity (Wildman–Crippen MR) is 60.9 cm³/mol. The van der Waals surface area contributed by atoms with Crippen molar-refractivity contribution in [3.05, 3.63) is 17.3 Å². The van der Waals surface area contributed by atoms with Crippen molar-refractivity contribution in [2.75, 3.05) is 38.2 Å². The fourth-order valence-electron chi connectivity index (χ4n) is 1.63. The van der Waals surface area contributed by atoms with Gasteiger partial charge in [0.2, 0.25) is 0 Å². The Hall–Kier alpha value is -1.00. The third-order valence-corrected chi connectivity index (χ3v) is 2.73. The van der Waals surface area contributed by atoms with E-state index < -0.39 is 0 Å². The van der Waals surface area contributed by atoms with E-state index in [1.165, 1.54) is 0 Å². The van der Waals surface area contributed by atoms with Gasteiger partial charge in [0.15, 0.2) is 10.9 Å². The molecular weight excluding hydrogens is 214 g/mol. The average Bonchev–Trinajstić information content (AvgIpc) is 2.30. The van der Waals surface area contributed by atoms with Crippen LogP contribution in [0.15, 0.2) is 12.1 Å². The molecule has 0 aliphatic carbocycles. The summed E-state index contributed by atoms with van der Waals surface area (Å²) in [6, 6.07) is 3.79. The molecule has 0 aromatic carbocycles. The van der Waals surface area contributed by atoms with Gasteiger partial charge >= 0.3 is 0 Å². The Morgan fingerprint density at radius 2 is 2.13 bits per heavy atom. The molecule has 1 saturated heterocycles. The maximum Gasteiger partial charge on any atom is 0.173 e. The van der Waals surface area contributed by atoms with Crippen molar-refractivity contribution < 1.29 is 4.74 Å². The summed E-state index contributed by atoms with van der Waals surface area (Å²) in [5, 5.41) is 3.72. The second-order valence-corrected chi connectivity index (χ2v) is 3.76. The number of nitrogens with zero attached hydrogens (tertiary/aromatic N) is 2. The van der Waals surface area contributed by atoms with E-state index in [2.05, 4.69) is 15.2 Å². The minimum absolute atomic E-state index is 0.425. The van der Waals surface area contributed by atoms with Gasteiger partial charge in [-0.05, 0) is 12.1 Å². The highest BCUT2D eigenvalue weighted by Crippen LogP contribution is 2.25. The normalized spacial score (nSPS) is 16.5. The van der Waals surface area contributed by atoms with Gasteiger partial charge in [-0.25, -0.2) is 4.98 Å². The lowest BCUT2D eigenvalue weighted by Gasteiger charge is -2.28. The molecule has 0 saturated carbocycles.